The second-order valence-electron chi connectivity index (χ2n) is 9.28. The van der Waals surface area contributed by atoms with Crippen LogP contribution in [0.2, 0.25) is 0 Å². The van der Waals surface area contributed by atoms with Crippen molar-refractivity contribution in [3.05, 3.63) is 65.5 Å². The van der Waals surface area contributed by atoms with Crippen molar-refractivity contribution in [2.75, 3.05) is 32.8 Å². The van der Waals surface area contributed by atoms with Gasteiger partial charge in [-0.05, 0) is 68.5 Å². The zero-order valence-corrected chi connectivity index (χ0v) is 19.1. The molecule has 8 heteroatoms. The summed E-state index contributed by atoms with van der Waals surface area (Å²) in [5, 5.41) is 0. The number of rotatable bonds is 6. The van der Waals surface area contributed by atoms with Gasteiger partial charge in [0.15, 0.2) is 0 Å². The number of benzene rings is 2. The van der Waals surface area contributed by atoms with Crippen molar-refractivity contribution in [3.63, 3.8) is 0 Å². The van der Waals surface area contributed by atoms with Crippen LogP contribution >= 0.6 is 0 Å². The maximum Gasteiger partial charge on any atom is 0.256 e. The molecule has 0 spiro atoms. The monoisotopic (exact) mass is 474 g/mol. The molecule has 0 saturated carbocycles. The molecule has 0 aliphatic carbocycles. The topological polar surface area (TPSA) is 49.9 Å². The minimum atomic E-state index is -0.887. The van der Waals surface area contributed by atoms with E-state index in [0.29, 0.717) is 44.2 Å². The van der Waals surface area contributed by atoms with E-state index in [-0.39, 0.29) is 23.9 Å². The molecular weight excluding hydrogens is 445 g/mol. The van der Waals surface area contributed by atoms with E-state index in [1.807, 2.05) is 4.90 Å². The number of halogens is 3. The van der Waals surface area contributed by atoms with Crippen molar-refractivity contribution < 1.29 is 27.5 Å². The molecule has 0 aromatic heterocycles. The zero-order chi connectivity index (χ0) is 24.1. The Morgan fingerprint density at radius 2 is 1.47 bits per heavy atom. The highest BCUT2D eigenvalue weighted by molar-refractivity contribution is 5.94. The first-order valence-corrected chi connectivity index (χ1v) is 11.8. The molecule has 0 bridgehead atoms. The molecule has 182 valence electrons. The molecular formula is C26H29F3N2O3. The quantitative estimate of drug-likeness (QED) is 0.604. The minimum absolute atomic E-state index is 0.0757. The molecule has 2 aliphatic heterocycles. The lowest BCUT2D eigenvalue weighted by Crippen LogP contribution is -2.48. The molecule has 0 atom stereocenters. The molecule has 2 heterocycles. The Labute approximate surface area is 197 Å². The fourth-order valence-electron chi connectivity index (χ4n) is 4.73. The van der Waals surface area contributed by atoms with Crippen LogP contribution in [0.5, 0.6) is 5.75 Å². The third kappa shape index (κ3) is 5.72. The summed E-state index contributed by atoms with van der Waals surface area (Å²) in [7, 11) is 0. The molecule has 2 fully saturated rings. The zero-order valence-electron chi connectivity index (χ0n) is 19.1. The smallest absolute Gasteiger partial charge is 0.256 e. The van der Waals surface area contributed by atoms with Crippen LogP contribution in [0, 0.1) is 22.9 Å². The fraction of sp³-hybridized carbons (Fsp3) is 0.462. The van der Waals surface area contributed by atoms with E-state index in [1.54, 1.807) is 12.1 Å². The van der Waals surface area contributed by atoms with Gasteiger partial charge in [0.05, 0.1) is 12.2 Å². The lowest BCUT2D eigenvalue weighted by atomic mass is 9.75. The highest BCUT2D eigenvalue weighted by Gasteiger charge is 2.40. The van der Waals surface area contributed by atoms with Crippen molar-refractivity contribution >= 4 is 11.8 Å². The van der Waals surface area contributed by atoms with Gasteiger partial charge in [-0.25, -0.2) is 13.2 Å². The Kier molecular flexibility index (Phi) is 7.44. The SMILES string of the molecule is O=C(CC1(COc2ccc(F)cc2)CCN(C(=O)c2ccc(F)cc2F)CC1)N1CCCCC1. The van der Waals surface area contributed by atoms with Crippen LogP contribution in [-0.2, 0) is 4.79 Å². The summed E-state index contributed by atoms with van der Waals surface area (Å²) in [6.45, 7) is 2.42. The van der Waals surface area contributed by atoms with Gasteiger partial charge in [-0.3, -0.25) is 9.59 Å². The van der Waals surface area contributed by atoms with Gasteiger partial charge in [-0.15, -0.1) is 0 Å². The van der Waals surface area contributed by atoms with Crippen molar-refractivity contribution in [2.45, 2.75) is 38.5 Å². The van der Waals surface area contributed by atoms with E-state index in [9.17, 15) is 22.8 Å². The number of likely N-dealkylation sites (tertiary alicyclic amines) is 2. The Hall–Kier alpha value is -3.03. The summed E-state index contributed by atoms with van der Waals surface area (Å²) in [6, 6.07) is 8.66. The minimum Gasteiger partial charge on any atom is -0.493 e. The lowest BCUT2D eigenvalue weighted by Gasteiger charge is -2.42. The molecule has 4 rings (SSSR count). The molecule has 0 unspecified atom stereocenters. The molecule has 5 nitrogen and oxygen atoms in total. The molecule has 2 amide bonds. The first-order chi connectivity index (χ1) is 16.3. The van der Waals surface area contributed by atoms with Crippen LogP contribution in [0.4, 0.5) is 13.2 Å². The first-order valence-electron chi connectivity index (χ1n) is 11.8. The van der Waals surface area contributed by atoms with Gasteiger partial charge in [0.25, 0.3) is 5.91 Å². The Bertz CT molecular complexity index is 1010. The van der Waals surface area contributed by atoms with E-state index in [4.69, 9.17) is 4.74 Å². The molecule has 34 heavy (non-hydrogen) atoms. The average molecular weight is 475 g/mol. The second kappa shape index (κ2) is 10.5. The number of ether oxygens (including phenoxy) is 1. The van der Waals surface area contributed by atoms with Crippen molar-refractivity contribution in [2.24, 2.45) is 5.41 Å². The fourth-order valence-corrected chi connectivity index (χ4v) is 4.73. The van der Waals surface area contributed by atoms with Crippen molar-refractivity contribution in [3.8, 4) is 5.75 Å². The summed E-state index contributed by atoms with van der Waals surface area (Å²) in [6.07, 6.45) is 4.41. The number of hydrogen-bond donors (Lipinski definition) is 0. The third-order valence-corrected chi connectivity index (χ3v) is 6.87. The van der Waals surface area contributed by atoms with E-state index < -0.39 is 23.0 Å². The van der Waals surface area contributed by atoms with Crippen molar-refractivity contribution in [1.29, 1.82) is 0 Å². The maximum absolute atomic E-state index is 14.1. The van der Waals surface area contributed by atoms with Gasteiger partial charge in [0.2, 0.25) is 5.91 Å². The third-order valence-electron chi connectivity index (χ3n) is 6.87. The molecule has 2 aliphatic rings. The van der Waals surface area contributed by atoms with E-state index in [1.165, 1.54) is 17.0 Å². The van der Waals surface area contributed by atoms with Crippen LogP contribution in [0.1, 0.15) is 48.9 Å². The van der Waals surface area contributed by atoms with Gasteiger partial charge in [-0.2, -0.15) is 0 Å². The largest absolute Gasteiger partial charge is 0.493 e. The molecule has 2 aromatic carbocycles. The molecule has 2 aromatic rings. The van der Waals surface area contributed by atoms with Crippen LogP contribution in [0.3, 0.4) is 0 Å². The lowest BCUT2D eigenvalue weighted by molar-refractivity contribution is -0.136. The van der Waals surface area contributed by atoms with Crippen LogP contribution in [0.25, 0.3) is 0 Å². The van der Waals surface area contributed by atoms with Gasteiger partial charge in [0.1, 0.15) is 23.2 Å². The predicted octanol–water partition coefficient (Wildman–Crippen LogP) is 4.81. The number of hydrogen-bond acceptors (Lipinski definition) is 3. The highest BCUT2D eigenvalue weighted by atomic mass is 19.1. The predicted molar refractivity (Wildman–Crippen MR) is 121 cm³/mol. The molecule has 0 radical (unpaired) electrons. The van der Waals surface area contributed by atoms with Gasteiger partial charge >= 0.3 is 0 Å². The second-order valence-corrected chi connectivity index (χ2v) is 9.28. The summed E-state index contributed by atoms with van der Waals surface area (Å²) in [4.78, 5) is 29.4. The molecule has 0 N–H and O–H groups in total. The maximum atomic E-state index is 14.1. The highest BCUT2D eigenvalue weighted by Crippen LogP contribution is 2.37. The number of carbonyl (C=O) groups is 2. The number of carbonyl (C=O) groups excluding carboxylic acids is 2. The van der Waals surface area contributed by atoms with Crippen LogP contribution < -0.4 is 4.74 Å². The van der Waals surface area contributed by atoms with Crippen LogP contribution in [-0.4, -0.2) is 54.4 Å². The number of piperidine rings is 2. The van der Waals surface area contributed by atoms with Gasteiger partial charge in [-0.1, -0.05) is 0 Å². The summed E-state index contributed by atoms with van der Waals surface area (Å²) < 4.78 is 46.6. The summed E-state index contributed by atoms with van der Waals surface area (Å²) >= 11 is 0. The average Bonchev–Trinajstić information content (AvgIpc) is 2.84. The number of nitrogens with zero attached hydrogens (tertiary/aromatic N) is 2. The van der Waals surface area contributed by atoms with E-state index in [2.05, 4.69) is 0 Å². The summed E-state index contributed by atoms with van der Waals surface area (Å²) in [5.41, 5.74) is -0.665. The Morgan fingerprint density at radius 1 is 0.824 bits per heavy atom. The Balaban J connectivity index is 1.46. The number of amides is 2. The molecule has 2 saturated heterocycles. The standard InChI is InChI=1S/C26H29F3N2O3/c27-19-4-7-21(8-5-19)34-18-26(17-24(32)30-12-2-1-3-13-30)10-14-31(15-11-26)25(33)22-9-6-20(28)16-23(22)29/h4-9,16H,1-3,10-15,17-18H2. The van der Waals surface area contributed by atoms with Crippen LogP contribution in [0.15, 0.2) is 42.5 Å². The Morgan fingerprint density at radius 3 is 2.12 bits per heavy atom. The van der Waals surface area contributed by atoms with Gasteiger partial charge in [0, 0.05) is 44.1 Å². The van der Waals surface area contributed by atoms with E-state index in [0.717, 1.165) is 44.5 Å². The van der Waals surface area contributed by atoms with Gasteiger partial charge < -0.3 is 14.5 Å². The summed E-state index contributed by atoms with van der Waals surface area (Å²) in [5.74, 6) is -1.89. The van der Waals surface area contributed by atoms with E-state index >= 15 is 0 Å². The normalized spacial score (nSPS) is 18.0. The van der Waals surface area contributed by atoms with Crippen molar-refractivity contribution in [1.82, 2.24) is 9.80 Å². The first kappa shape index (κ1) is 24.1.